The first kappa shape index (κ1) is 22.7. The van der Waals surface area contributed by atoms with E-state index < -0.39 is 0 Å². The zero-order chi connectivity index (χ0) is 26.9. The first-order chi connectivity index (χ1) is 20.3. The van der Waals surface area contributed by atoms with Gasteiger partial charge in [-0.15, -0.1) is 0 Å². The lowest BCUT2D eigenvalue weighted by atomic mass is 10.1. The van der Waals surface area contributed by atoms with Crippen LogP contribution in [0.15, 0.2) is 143 Å². The summed E-state index contributed by atoms with van der Waals surface area (Å²) in [6.45, 7) is 0. The van der Waals surface area contributed by atoms with Crippen LogP contribution in [0.3, 0.4) is 0 Å². The predicted molar refractivity (Wildman–Crippen MR) is 166 cm³/mol. The maximum absolute atomic E-state index is 6.52. The van der Waals surface area contributed by atoms with E-state index in [-0.39, 0.29) is 0 Å². The fourth-order valence-corrected chi connectivity index (χ4v) is 7.09. The second-order valence-corrected chi connectivity index (χ2v) is 11.3. The van der Waals surface area contributed by atoms with Gasteiger partial charge in [0.25, 0.3) is 0 Å². The first-order valence-electron chi connectivity index (χ1n) is 13.6. The minimum atomic E-state index is 0.718. The summed E-state index contributed by atoms with van der Waals surface area (Å²) in [6.07, 6.45) is 0. The monoisotopic (exact) mass is 546 g/mol. The first-order valence-corrected chi connectivity index (χ1v) is 14.4. The number of ether oxygens (including phenoxy) is 2. The molecule has 6 aromatic carbocycles. The van der Waals surface area contributed by atoms with Crippen LogP contribution in [0.1, 0.15) is 0 Å². The number of anilines is 3. The van der Waals surface area contributed by atoms with Crippen molar-refractivity contribution in [1.29, 1.82) is 0 Å². The Hall–Kier alpha value is -5.13. The van der Waals surface area contributed by atoms with Gasteiger partial charge in [-0.05, 0) is 78.9 Å². The van der Waals surface area contributed by atoms with Crippen molar-refractivity contribution in [2.45, 2.75) is 9.79 Å². The molecule has 2 aliphatic heterocycles. The Morgan fingerprint density at radius 2 is 1.07 bits per heavy atom. The Morgan fingerprint density at radius 3 is 1.83 bits per heavy atom. The highest BCUT2D eigenvalue weighted by molar-refractivity contribution is 7.99. The van der Waals surface area contributed by atoms with Gasteiger partial charge >= 0.3 is 0 Å². The third-order valence-corrected chi connectivity index (χ3v) is 8.96. The Kier molecular flexibility index (Phi) is 4.80. The standard InChI is InChI=1S/C36H22N2O2S/c1-2-10-27-25(9-1)26-21-22-32-36(40-31-14-6-5-13-30(31)39-32)35(26)38(27)24-19-17-23(18-20-24)37-28-11-3-7-15-33(28)41-34-16-8-4-12-29(34)37/h1-22H. The lowest BCUT2D eigenvalue weighted by molar-refractivity contribution is 0.362. The summed E-state index contributed by atoms with van der Waals surface area (Å²) in [7, 11) is 0. The summed E-state index contributed by atoms with van der Waals surface area (Å²) in [4.78, 5) is 4.86. The maximum atomic E-state index is 6.52. The van der Waals surface area contributed by atoms with E-state index in [0.717, 1.165) is 50.8 Å². The molecule has 0 fully saturated rings. The number of aromatic nitrogens is 1. The van der Waals surface area contributed by atoms with Crippen LogP contribution in [0.25, 0.3) is 27.5 Å². The second kappa shape index (κ2) is 8.68. The molecule has 0 amide bonds. The van der Waals surface area contributed by atoms with E-state index in [0.29, 0.717) is 0 Å². The average Bonchev–Trinajstić information content (AvgIpc) is 3.38. The molecule has 0 unspecified atom stereocenters. The highest BCUT2D eigenvalue weighted by atomic mass is 32.2. The van der Waals surface area contributed by atoms with E-state index in [1.165, 1.54) is 26.6 Å². The number of fused-ring (bicyclic) bond motifs is 8. The third-order valence-electron chi connectivity index (χ3n) is 7.83. The molecule has 0 aliphatic carbocycles. The molecule has 4 nitrogen and oxygen atoms in total. The molecule has 0 N–H and O–H groups in total. The van der Waals surface area contributed by atoms with Gasteiger partial charge in [-0.3, -0.25) is 0 Å². The molecule has 5 heteroatoms. The van der Waals surface area contributed by atoms with Crippen LogP contribution in [0.4, 0.5) is 17.1 Å². The lowest BCUT2D eigenvalue weighted by Crippen LogP contribution is -2.14. The van der Waals surface area contributed by atoms with Gasteiger partial charge in [-0.2, -0.15) is 0 Å². The van der Waals surface area contributed by atoms with Crippen molar-refractivity contribution in [1.82, 2.24) is 4.57 Å². The Balaban J connectivity index is 1.23. The van der Waals surface area contributed by atoms with Crippen LogP contribution in [0, 0.1) is 0 Å². The van der Waals surface area contributed by atoms with E-state index in [4.69, 9.17) is 9.47 Å². The Labute approximate surface area is 241 Å². The summed E-state index contributed by atoms with van der Waals surface area (Å²) in [5, 5.41) is 2.30. The van der Waals surface area contributed by atoms with Gasteiger partial charge < -0.3 is 18.9 Å². The maximum Gasteiger partial charge on any atom is 0.194 e. The van der Waals surface area contributed by atoms with Gasteiger partial charge in [-0.1, -0.05) is 66.4 Å². The number of hydrogen-bond acceptors (Lipinski definition) is 4. The molecule has 9 rings (SSSR count). The van der Waals surface area contributed by atoms with E-state index in [1.807, 2.05) is 42.1 Å². The summed E-state index contributed by atoms with van der Waals surface area (Å²) >= 11 is 1.82. The van der Waals surface area contributed by atoms with Gasteiger partial charge in [-0.25, -0.2) is 0 Å². The Bertz CT molecular complexity index is 2100. The quantitative estimate of drug-likeness (QED) is 0.215. The van der Waals surface area contributed by atoms with Gasteiger partial charge in [0.15, 0.2) is 23.0 Å². The van der Waals surface area contributed by atoms with E-state index in [1.54, 1.807) is 0 Å². The minimum Gasteiger partial charge on any atom is -0.449 e. The zero-order valence-electron chi connectivity index (χ0n) is 21.8. The molecule has 2 aliphatic rings. The summed E-state index contributed by atoms with van der Waals surface area (Å²) in [6, 6.07) is 46.5. The molecule has 3 heterocycles. The summed E-state index contributed by atoms with van der Waals surface area (Å²) in [5.74, 6) is 2.90. The third kappa shape index (κ3) is 3.36. The van der Waals surface area contributed by atoms with Gasteiger partial charge in [0.05, 0.1) is 16.9 Å². The fraction of sp³-hybridized carbons (Fsp3) is 0. The van der Waals surface area contributed by atoms with E-state index >= 15 is 0 Å². The molecule has 0 saturated heterocycles. The van der Waals surface area contributed by atoms with Crippen molar-refractivity contribution < 1.29 is 9.47 Å². The smallest absolute Gasteiger partial charge is 0.194 e. The normalized spacial score (nSPS) is 13.1. The number of rotatable bonds is 2. The molecule has 0 bridgehead atoms. The largest absolute Gasteiger partial charge is 0.449 e. The van der Waals surface area contributed by atoms with Crippen LogP contribution >= 0.6 is 11.8 Å². The molecule has 7 aromatic rings. The second-order valence-electron chi connectivity index (χ2n) is 10.2. The molecule has 1 aromatic heterocycles. The molecule has 0 radical (unpaired) electrons. The number of benzene rings is 6. The summed E-state index contributed by atoms with van der Waals surface area (Å²) in [5.41, 5.74) is 6.68. The van der Waals surface area contributed by atoms with E-state index in [2.05, 4.69) is 113 Å². The zero-order valence-corrected chi connectivity index (χ0v) is 22.6. The molecular formula is C36H22N2O2S. The number of nitrogens with zero attached hydrogens (tertiary/aromatic N) is 2. The van der Waals surface area contributed by atoms with Crippen LogP contribution in [-0.4, -0.2) is 4.57 Å². The molecule has 0 spiro atoms. The van der Waals surface area contributed by atoms with Crippen LogP contribution in [0.2, 0.25) is 0 Å². The fourth-order valence-electron chi connectivity index (χ4n) is 6.04. The van der Waals surface area contributed by atoms with Crippen molar-refractivity contribution in [3.8, 4) is 28.7 Å². The van der Waals surface area contributed by atoms with Gasteiger partial charge in [0.2, 0.25) is 0 Å². The van der Waals surface area contributed by atoms with Crippen LogP contribution < -0.4 is 14.4 Å². The van der Waals surface area contributed by atoms with Crippen molar-refractivity contribution >= 4 is 50.6 Å². The summed E-state index contributed by atoms with van der Waals surface area (Å²) < 4.78 is 15.1. The number of hydrogen-bond donors (Lipinski definition) is 0. The molecule has 0 saturated carbocycles. The van der Waals surface area contributed by atoms with Crippen molar-refractivity contribution in [3.63, 3.8) is 0 Å². The van der Waals surface area contributed by atoms with E-state index in [9.17, 15) is 0 Å². The average molecular weight is 547 g/mol. The molecule has 41 heavy (non-hydrogen) atoms. The van der Waals surface area contributed by atoms with Crippen LogP contribution in [-0.2, 0) is 0 Å². The molecule has 194 valence electrons. The number of para-hydroxylation sites is 5. The lowest BCUT2D eigenvalue weighted by Gasteiger charge is -2.32. The topological polar surface area (TPSA) is 26.6 Å². The van der Waals surface area contributed by atoms with Crippen molar-refractivity contribution in [2.24, 2.45) is 0 Å². The highest BCUT2D eigenvalue weighted by Gasteiger charge is 2.27. The molecular weight excluding hydrogens is 524 g/mol. The van der Waals surface area contributed by atoms with Gasteiger partial charge in [0.1, 0.15) is 5.52 Å². The minimum absolute atomic E-state index is 0.718. The predicted octanol–water partition coefficient (Wildman–Crippen LogP) is 10.6. The molecule has 0 atom stereocenters. The SMILES string of the molecule is c1ccc2c(c1)Oc1ccc3c4ccccc4n(-c4ccc(N5c6ccccc6Sc6ccccc65)cc4)c3c1O2. The van der Waals surface area contributed by atoms with Crippen molar-refractivity contribution in [3.05, 3.63) is 133 Å². The van der Waals surface area contributed by atoms with Crippen LogP contribution in [0.5, 0.6) is 23.0 Å². The Morgan fingerprint density at radius 1 is 0.463 bits per heavy atom. The van der Waals surface area contributed by atoms with Crippen molar-refractivity contribution in [2.75, 3.05) is 4.90 Å². The highest BCUT2D eigenvalue weighted by Crippen LogP contribution is 2.52. The van der Waals surface area contributed by atoms with Gasteiger partial charge in [0, 0.05) is 31.9 Å².